The Morgan fingerprint density at radius 2 is 1.45 bits per heavy atom. The number of nitrogens with zero attached hydrogens (tertiary/aromatic N) is 1. The highest BCUT2D eigenvalue weighted by Crippen LogP contribution is 2.48. The Labute approximate surface area is 127 Å². The zero-order valence-corrected chi connectivity index (χ0v) is 12.1. The van der Waals surface area contributed by atoms with Crippen molar-refractivity contribution < 1.29 is 0 Å². The third-order valence-corrected chi connectivity index (χ3v) is 4.73. The third kappa shape index (κ3) is 1.23. The summed E-state index contributed by atoms with van der Waals surface area (Å²) < 4.78 is 1.80. The van der Waals surface area contributed by atoms with Gasteiger partial charge in [0.25, 0.3) is 5.56 Å². The molecule has 1 heterocycles. The van der Waals surface area contributed by atoms with Crippen LogP contribution in [0, 0.1) is 0 Å². The van der Waals surface area contributed by atoms with E-state index in [9.17, 15) is 4.79 Å². The van der Waals surface area contributed by atoms with Crippen molar-refractivity contribution in [2.75, 3.05) is 0 Å². The first-order valence-corrected chi connectivity index (χ1v) is 7.41. The number of aromatic nitrogens is 1. The third-order valence-electron chi connectivity index (χ3n) is 4.73. The topological polar surface area (TPSA) is 22.0 Å². The summed E-state index contributed by atoms with van der Waals surface area (Å²) in [6, 6.07) is 20.6. The predicted molar refractivity (Wildman–Crippen MR) is 91.1 cm³/mol. The number of pyridine rings is 1. The van der Waals surface area contributed by atoms with Gasteiger partial charge in [0.1, 0.15) is 0 Å². The lowest BCUT2D eigenvalue weighted by atomic mass is 10.00. The molecule has 2 heteroatoms. The highest BCUT2D eigenvalue weighted by molar-refractivity contribution is 6.20. The number of benzene rings is 3. The Kier molecular flexibility index (Phi) is 2.06. The van der Waals surface area contributed by atoms with E-state index < -0.39 is 0 Å². The van der Waals surface area contributed by atoms with E-state index in [0.717, 1.165) is 22.0 Å². The van der Waals surface area contributed by atoms with E-state index in [4.69, 9.17) is 0 Å². The van der Waals surface area contributed by atoms with Crippen molar-refractivity contribution in [3.05, 3.63) is 71.0 Å². The van der Waals surface area contributed by atoms with Crippen molar-refractivity contribution in [2.45, 2.75) is 0 Å². The van der Waals surface area contributed by atoms with Gasteiger partial charge in [0, 0.05) is 23.6 Å². The van der Waals surface area contributed by atoms with Crippen LogP contribution in [0.4, 0.5) is 0 Å². The van der Waals surface area contributed by atoms with Gasteiger partial charge in [0.2, 0.25) is 0 Å². The molecule has 2 nitrogen and oxygen atoms in total. The minimum absolute atomic E-state index is 0.0687. The lowest BCUT2D eigenvalue weighted by Crippen LogP contribution is -2.18. The Hall–Kier alpha value is -2.87. The van der Waals surface area contributed by atoms with E-state index in [2.05, 4.69) is 42.5 Å². The van der Waals surface area contributed by atoms with Crippen molar-refractivity contribution in [1.29, 1.82) is 0 Å². The van der Waals surface area contributed by atoms with Crippen LogP contribution in [0.3, 0.4) is 0 Å². The van der Waals surface area contributed by atoms with Crippen LogP contribution in [0.5, 0.6) is 0 Å². The first-order valence-electron chi connectivity index (χ1n) is 7.41. The summed E-state index contributed by atoms with van der Waals surface area (Å²) in [5.41, 5.74) is 4.68. The SMILES string of the molecule is Cn1c2c(c3ccccc3c1=O)-c1cccc3cccc-2c13. The average Bonchev–Trinajstić information content (AvgIpc) is 2.90. The Morgan fingerprint density at radius 1 is 0.773 bits per heavy atom. The van der Waals surface area contributed by atoms with Crippen LogP contribution in [0.2, 0.25) is 0 Å². The van der Waals surface area contributed by atoms with Crippen LogP contribution in [0.25, 0.3) is 43.9 Å². The minimum atomic E-state index is 0.0687. The standard InChI is InChI=1S/C20H13NO/c1-21-19-16-11-5-7-12-6-4-10-15(17(12)16)18(19)13-8-2-3-9-14(13)20(21)22/h2-11H,1H3. The lowest BCUT2D eigenvalue weighted by molar-refractivity contribution is 0.887. The van der Waals surface area contributed by atoms with Crippen LogP contribution in [-0.4, -0.2) is 4.57 Å². The van der Waals surface area contributed by atoms with Gasteiger partial charge >= 0.3 is 0 Å². The van der Waals surface area contributed by atoms with Crippen molar-refractivity contribution in [2.24, 2.45) is 7.05 Å². The van der Waals surface area contributed by atoms with E-state index in [0.29, 0.717) is 0 Å². The van der Waals surface area contributed by atoms with Crippen molar-refractivity contribution in [3.63, 3.8) is 0 Å². The largest absolute Gasteiger partial charge is 0.310 e. The zero-order valence-electron chi connectivity index (χ0n) is 12.1. The van der Waals surface area contributed by atoms with Gasteiger partial charge in [-0.2, -0.15) is 0 Å². The minimum Gasteiger partial charge on any atom is -0.310 e. The lowest BCUT2D eigenvalue weighted by Gasteiger charge is -2.12. The van der Waals surface area contributed by atoms with Gasteiger partial charge in [0.15, 0.2) is 0 Å². The van der Waals surface area contributed by atoms with E-state index in [1.165, 1.54) is 21.9 Å². The van der Waals surface area contributed by atoms with Gasteiger partial charge < -0.3 is 4.57 Å². The summed E-state index contributed by atoms with van der Waals surface area (Å²) in [6.45, 7) is 0. The zero-order chi connectivity index (χ0) is 14.8. The molecular weight excluding hydrogens is 270 g/mol. The van der Waals surface area contributed by atoms with E-state index in [1.54, 1.807) is 4.57 Å². The summed E-state index contributed by atoms with van der Waals surface area (Å²) in [5, 5.41) is 4.31. The van der Waals surface area contributed by atoms with Crippen LogP contribution < -0.4 is 5.56 Å². The molecular formula is C20H13NO. The van der Waals surface area contributed by atoms with Crippen LogP contribution >= 0.6 is 0 Å². The fourth-order valence-electron chi connectivity index (χ4n) is 3.80. The fraction of sp³-hybridized carbons (Fsp3) is 0.0500. The van der Waals surface area contributed by atoms with E-state index in [1.807, 2.05) is 25.2 Å². The van der Waals surface area contributed by atoms with Crippen LogP contribution in [-0.2, 0) is 7.05 Å². The van der Waals surface area contributed by atoms with Gasteiger partial charge in [0.05, 0.1) is 5.69 Å². The van der Waals surface area contributed by atoms with Crippen LogP contribution in [0.15, 0.2) is 65.5 Å². The molecule has 4 aromatic rings. The number of hydrogen-bond donors (Lipinski definition) is 0. The van der Waals surface area contributed by atoms with Gasteiger partial charge in [-0.25, -0.2) is 0 Å². The van der Waals surface area contributed by atoms with E-state index in [-0.39, 0.29) is 5.56 Å². The molecule has 22 heavy (non-hydrogen) atoms. The van der Waals surface area contributed by atoms with Crippen molar-refractivity contribution in [3.8, 4) is 22.4 Å². The van der Waals surface area contributed by atoms with Crippen molar-refractivity contribution in [1.82, 2.24) is 4.57 Å². The smallest absolute Gasteiger partial charge is 0.258 e. The van der Waals surface area contributed by atoms with Gasteiger partial charge in [-0.3, -0.25) is 4.79 Å². The molecule has 1 aliphatic carbocycles. The normalized spacial score (nSPS) is 12.0. The molecule has 1 aliphatic rings. The molecule has 0 aliphatic heterocycles. The quantitative estimate of drug-likeness (QED) is 0.414. The molecule has 104 valence electrons. The molecule has 3 aromatic carbocycles. The number of hydrogen-bond acceptors (Lipinski definition) is 1. The molecule has 0 bridgehead atoms. The van der Waals surface area contributed by atoms with Crippen LogP contribution in [0.1, 0.15) is 0 Å². The highest BCUT2D eigenvalue weighted by atomic mass is 16.1. The molecule has 1 aromatic heterocycles. The number of rotatable bonds is 0. The summed E-state index contributed by atoms with van der Waals surface area (Å²) in [6.07, 6.45) is 0. The Bertz CT molecular complexity index is 1150. The molecule has 0 N–H and O–H groups in total. The molecule has 0 saturated heterocycles. The summed E-state index contributed by atoms with van der Waals surface area (Å²) in [5.74, 6) is 0. The maximum absolute atomic E-state index is 12.7. The fourth-order valence-corrected chi connectivity index (χ4v) is 3.80. The Balaban J connectivity index is 2.15. The maximum Gasteiger partial charge on any atom is 0.258 e. The van der Waals surface area contributed by atoms with Crippen molar-refractivity contribution >= 4 is 21.5 Å². The second-order valence-corrected chi connectivity index (χ2v) is 5.84. The first-order chi connectivity index (χ1) is 10.8. The number of fused-ring (bicyclic) bond motifs is 5. The summed E-state index contributed by atoms with van der Waals surface area (Å²) in [4.78, 5) is 12.7. The molecule has 0 radical (unpaired) electrons. The molecule has 0 amide bonds. The van der Waals surface area contributed by atoms with Gasteiger partial charge in [-0.1, -0.05) is 54.6 Å². The summed E-state index contributed by atoms with van der Waals surface area (Å²) in [7, 11) is 1.87. The molecule has 0 spiro atoms. The molecule has 0 unspecified atom stereocenters. The average molecular weight is 283 g/mol. The van der Waals surface area contributed by atoms with Gasteiger partial charge in [-0.15, -0.1) is 0 Å². The molecule has 0 atom stereocenters. The first kappa shape index (κ1) is 11.8. The maximum atomic E-state index is 12.7. The van der Waals surface area contributed by atoms with Gasteiger partial charge in [-0.05, 0) is 27.8 Å². The Morgan fingerprint density at radius 3 is 2.23 bits per heavy atom. The monoisotopic (exact) mass is 283 g/mol. The second-order valence-electron chi connectivity index (χ2n) is 5.84. The highest BCUT2D eigenvalue weighted by Gasteiger charge is 2.26. The molecule has 0 saturated carbocycles. The summed E-state index contributed by atoms with van der Waals surface area (Å²) >= 11 is 0. The molecule has 0 fully saturated rings. The molecule has 5 rings (SSSR count). The van der Waals surface area contributed by atoms with E-state index >= 15 is 0 Å². The second kappa shape index (κ2) is 3.86. The predicted octanol–water partition coefficient (Wildman–Crippen LogP) is 4.34.